The Morgan fingerprint density at radius 3 is 3.06 bits per heavy atom. The van der Waals surface area contributed by atoms with Crippen LogP contribution in [0.5, 0.6) is 0 Å². The zero-order valence-electron chi connectivity index (χ0n) is 10.4. The molecule has 3 rings (SSSR count). The number of nitrogens with two attached hydrogens (primary N) is 1. The maximum Gasteiger partial charge on any atom is 0.227 e. The number of carbonyl (C=O) groups excluding carboxylic acids is 1. The predicted molar refractivity (Wildman–Crippen MR) is 70.5 cm³/mol. The van der Waals surface area contributed by atoms with Crippen LogP contribution >= 0.6 is 0 Å². The van der Waals surface area contributed by atoms with Gasteiger partial charge in [0.15, 0.2) is 0 Å². The van der Waals surface area contributed by atoms with Crippen LogP contribution in [0.3, 0.4) is 0 Å². The zero-order chi connectivity index (χ0) is 12.5. The van der Waals surface area contributed by atoms with Gasteiger partial charge in [-0.3, -0.25) is 4.79 Å². The van der Waals surface area contributed by atoms with Crippen LogP contribution in [-0.2, 0) is 16.0 Å². The van der Waals surface area contributed by atoms with E-state index in [0.717, 1.165) is 44.0 Å². The van der Waals surface area contributed by atoms with Crippen molar-refractivity contribution in [2.45, 2.75) is 19.3 Å². The van der Waals surface area contributed by atoms with Gasteiger partial charge in [-0.25, -0.2) is 0 Å². The number of rotatable bonds is 2. The van der Waals surface area contributed by atoms with Crippen molar-refractivity contribution < 1.29 is 9.53 Å². The lowest BCUT2D eigenvalue weighted by Gasteiger charge is -2.31. The summed E-state index contributed by atoms with van der Waals surface area (Å²) in [6, 6.07) is 5.83. The van der Waals surface area contributed by atoms with Gasteiger partial charge in [0.2, 0.25) is 5.91 Å². The van der Waals surface area contributed by atoms with Crippen molar-refractivity contribution in [3.05, 3.63) is 23.8 Å². The number of nitrogen functional groups attached to an aromatic ring is 1. The molecule has 1 aromatic carbocycles. The summed E-state index contributed by atoms with van der Waals surface area (Å²) in [7, 11) is 0. The third-order valence-electron chi connectivity index (χ3n) is 3.77. The standard InChI is InChI=1S/C14H18N2O2/c15-12-2-3-13-11(7-12)1-4-14(17)16(13)8-10-5-6-18-9-10/h2-3,7,10H,1,4-6,8-9,15H2. The fourth-order valence-corrected chi connectivity index (χ4v) is 2.77. The predicted octanol–water partition coefficient (Wildman–Crippen LogP) is 1.58. The van der Waals surface area contributed by atoms with Crippen molar-refractivity contribution in [2.75, 3.05) is 30.4 Å². The number of aryl methyl sites for hydroxylation is 1. The Kier molecular flexibility index (Phi) is 2.96. The SMILES string of the molecule is Nc1ccc2c(c1)CCC(=O)N2CC1CCOC1. The first-order valence-corrected chi connectivity index (χ1v) is 6.50. The van der Waals surface area contributed by atoms with Crippen molar-refractivity contribution in [3.63, 3.8) is 0 Å². The van der Waals surface area contributed by atoms with E-state index >= 15 is 0 Å². The Morgan fingerprint density at radius 1 is 1.39 bits per heavy atom. The molecule has 1 fully saturated rings. The molecule has 2 heterocycles. The smallest absolute Gasteiger partial charge is 0.227 e. The maximum atomic E-state index is 12.1. The first kappa shape index (κ1) is 11.5. The molecule has 1 unspecified atom stereocenters. The number of hydrogen-bond donors (Lipinski definition) is 1. The summed E-state index contributed by atoms with van der Waals surface area (Å²) < 4.78 is 5.38. The average Bonchev–Trinajstić information content (AvgIpc) is 2.86. The Balaban J connectivity index is 1.86. The lowest BCUT2D eigenvalue weighted by atomic mass is 9.98. The van der Waals surface area contributed by atoms with Gasteiger partial charge in [-0.1, -0.05) is 0 Å². The minimum atomic E-state index is 0.221. The molecular formula is C14H18N2O2. The van der Waals surface area contributed by atoms with E-state index in [-0.39, 0.29) is 5.91 Å². The van der Waals surface area contributed by atoms with E-state index in [0.29, 0.717) is 12.3 Å². The van der Waals surface area contributed by atoms with Crippen molar-refractivity contribution in [3.8, 4) is 0 Å². The Morgan fingerprint density at radius 2 is 2.28 bits per heavy atom. The van der Waals surface area contributed by atoms with E-state index in [1.807, 2.05) is 23.1 Å². The van der Waals surface area contributed by atoms with Crippen LogP contribution in [0.25, 0.3) is 0 Å². The normalized spacial score (nSPS) is 23.2. The monoisotopic (exact) mass is 246 g/mol. The van der Waals surface area contributed by atoms with Crippen molar-refractivity contribution >= 4 is 17.3 Å². The first-order valence-electron chi connectivity index (χ1n) is 6.50. The second-order valence-electron chi connectivity index (χ2n) is 5.12. The quantitative estimate of drug-likeness (QED) is 0.806. The highest BCUT2D eigenvalue weighted by Gasteiger charge is 2.28. The van der Waals surface area contributed by atoms with Crippen molar-refractivity contribution in [2.24, 2.45) is 5.92 Å². The van der Waals surface area contributed by atoms with Crippen LogP contribution in [0.1, 0.15) is 18.4 Å². The van der Waals surface area contributed by atoms with Crippen LogP contribution in [-0.4, -0.2) is 25.7 Å². The highest BCUT2D eigenvalue weighted by Crippen LogP contribution is 2.31. The average molecular weight is 246 g/mol. The molecule has 18 heavy (non-hydrogen) atoms. The highest BCUT2D eigenvalue weighted by atomic mass is 16.5. The second-order valence-corrected chi connectivity index (χ2v) is 5.12. The number of amides is 1. The summed E-state index contributed by atoms with van der Waals surface area (Å²) in [6.45, 7) is 2.37. The van der Waals surface area contributed by atoms with Crippen molar-refractivity contribution in [1.82, 2.24) is 0 Å². The number of fused-ring (bicyclic) bond motifs is 1. The van der Waals surface area contributed by atoms with Gasteiger partial charge in [0, 0.05) is 36.9 Å². The molecule has 0 spiro atoms. The molecular weight excluding hydrogens is 228 g/mol. The Hall–Kier alpha value is -1.55. The highest BCUT2D eigenvalue weighted by molar-refractivity contribution is 5.96. The third-order valence-corrected chi connectivity index (χ3v) is 3.77. The van der Waals surface area contributed by atoms with E-state index in [4.69, 9.17) is 10.5 Å². The molecule has 0 aliphatic carbocycles. The number of nitrogens with zero attached hydrogens (tertiary/aromatic N) is 1. The number of carbonyl (C=O) groups is 1. The summed E-state index contributed by atoms with van der Waals surface area (Å²) in [6.07, 6.45) is 2.44. The van der Waals surface area contributed by atoms with Gasteiger partial charge >= 0.3 is 0 Å². The van der Waals surface area contributed by atoms with E-state index in [1.54, 1.807) is 0 Å². The molecule has 1 amide bonds. The summed E-state index contributed by atoms with van der Waals surface area (Å²) in [4.78, 5) is 14.0. The molecule has 0 radical (unpaired) electrons. The summed E-state index contributed by atoms with van der Waals surface area (Å²) >= 11 is 0. The lowest BCUT2D eigenvalue weighted by Crippen LogP contribution is -2.39. The molecule has 0 saturated carbocycles. The minimum absolute atomic E-state index is 0.221. The topological polar surface area (TPSA) is 55.6 Å². The van der Waals surface area contributed by atoms with Crippen LogP contribution in [0, 0.1) is 5.92 Å². The van der Waals surface area contributed by atoms with Gasteiger partial charge in [0.1, 0.15) is 0 Å². The molecule has 2 aliphatic heterocycles. The van der Waals surface area contributed by atoms with Crippen molar-refractivity contribution in [1.29, 1.82) is 0 Å². The van der Waals surface area contributed by atoms with Gasteiger partial charge in [0.05, 0.1) is 6.61 Å². The number of anilines is 2. The molecule has 1 atom stereocenters. The van der Waals surface area contributed by atoms with E-state index in [9.17, 15) is 4.79 Å². The van der Waals surface area contributed by atoms with Gasteiger partial charge < -0.3 is 15.4 Å². The Bertz CT molecular complexity index is 467. The lowest BCUT2D eigenvalue weighted by molar-refractivity contribution is -0.119. The molecule has 1 saturated heterocycles. The zero-order valence-corrected chi connectivity index (χ0v) is 10.4. The van der Waals surface area contributed by atoms with Crippen LogP contribution in [0.2, 0.25) is 0 Å². The van der Waals surface area contributed by atoms with Crippen LogP contribution in [0.4, 0.5) is 11.4 Å². The largest absolute Gasteiger partial charge is 0.399 e. The van der Waals surface area contributed by atoms with Gasteiger partial charge in [0.25, 0.3) is 0 Å². The molecule has 4 heteroatoms. The van der Waals surface area contributed by atoms with Gasteiger partial charge in [-0.15, -0.1) is 0 Å². The number of hydrogen-bond acceptors (Lipinski definition) is 3. The van der Waals surface area contributed by atoms with E-state index in [1.165, 1.54) is 5.56 Å². The summed E-state index contributed by atoms with van der Waals surface area (Å²) in [5.41, 5.74) is 8.80. The summed E-state index contributed by atoms with van der Waals surface area (Å²) in [5, 5.41) is 0. The molecule has 0 aromatic heterocycles. The molecule has 1 aromatic rings. The molecule has 2 N–H and O–H groups in total. The third kappa shape index (κ3) is 2.08. The van der Waals surface area contributed by atoms with E-state index < -0.39 is 0 Å². The van der Waals surface area contributed by atoms with Crippen LogP contribution in [0.15, 0.2) is 18.2 Å². The maximum absolute atomic E-state index is 12.1. The molecule has 4 nitrogen and oxygen atoms in total. The molecule has 96 valence electrons. The van der Waals surface area contributed by atoms with E-state index in [2.05, 4.69) is 0 Å². The summed E-state index contributed by atoms with van der Waals surface area (Å²) in [5.74, 6) is 0.691. The molecule has 2 aliphatic rings. The Labute approximate surface area is 107 Å². The second kappa shape index (κ2) is 4.61. The molecule has 0 bridgehead atoms. The first-order chi connectivity index (χ1) is 8.74. The number of benzene rings is 1. The van der Waals surface area contributed by atoms with Crippen LogP contribution < -0.4 is 10.6 Å². The van der Waals surface area contributed by atoms with Gasteiger partial charge in [-0.2, -0.15) is 0 Å². The number of ether oxygens (including phenoxy) is 1. The fourth-order valence-electron chi connectivity index (χ4n) is 2.77. The fraction of sp³-hybridized carbons (Fsp3) is 0.500. The van der Waals surface area contributed by atoms with Gasteiger partial charge in [-0.05, 0) is 36.6 Å². The minimum Gasteiger partial charge on any atom is -0.399 e.